The predicted octanol–water partition coefficient (Wildman–Crippen LogP) is 3.33. The molecule has 3 rings (SSSR count). The van der Waals surface area contributed by atoms with Gasteiger partial charge in [-0.2, -0.15) is 0 Å². The van der Waals surface area contributed by atoms with Crippen molar-refractivity contribution < 1.29 is 0 Å². The molecule has 0 amide bonds. The Kier molecular flexibility index (Phi) is 5.22. The smallest absolute Gasteiger partial charge is 0.295 e. The van der Waals surface area contributed by atoms with E-state index in [0.717, 1.165) is 22.3 Å². The van der Waals surface area contributed by atoms with Crippen LogP contribution < -0.4 is 11.2 Å². The highest BCUT2D eigenvalue weighted by Crippen LogP contribution is 2.10. The van der Waals surface area contributed by atoms with Crippen molar-refractivity contribution in [2.24, 2.45) is 0 Å². The fourth-order valence-electron chi connectivity index (χ4n) is 2.99. The molecule has 0 bridgehead atoms. The van der Waals surface area contributed by atoms with Crippen LogP contribution >= 0.6 is 22.6 Å². The topological polar surface area (TPSA) is 44.0 Å². The van der Waals surface area contributed by atoms with Crippen LogP contribution in [0.1, 0.15) is 22.3 Å². The molecule has 0 saturated carbocycles. The van der Waals surface area contributed by atoms with Gasteiger partial charge in [0.2, 0.25) is 0 Å². The van der Waals surface area contributed by atoms with Crippen molar-refractivity contribution >= 4 is 22.6 Å². The highest BCUT2D eigenvalue weighted by atomic mass is 127. The van der Waals surface area contributed by atoms with E-state index in [1.807, 2.05) is 78.9 Å². The second-order valence-corrected chi connectivity index (χ2v) is 7.42. The maximum Gasteiger partial charge on any atom is 0.331 e. The number of hydrogen-bond donors (Lipinski definition) is 0. The molecule has 3 aromatic rings. The molecule has 0 aliphatic rings. The van der Waals surface area contributed by atoms with Gasteiger partial charge in [0.05, 0.1) is 16.7 Å². The van der Waals surface area contributed by atoms with E-state index in [2.05, 4.69) is 6.07 Å². The summed E-state index contributed by atoms with van der Waals surface area (Å²) in [6, 6.07) is 15.9. The van der Waals surface area contributed by atoms with Gasteiger partial charge in [-0.1, -0.05) is 59.7 Å². The Morgan fingerprint density at radius 1 is 0.880 bits per heavy atom. The van der Waals surface area contributed by atoms with Gasteiger partial charge in [0, 0.05) is 6.20 Å². The maximum absolute atomic E-state index is 12.8. The minimum absolute atomic E-state index is 0.242. The van der Waals surface area contributed by atoms with Crippen molar-refractivity contribution in [1.29, 1.82) is 0 Å². The van der Waals surface area contributed by atoms with Crippen molar-refractivity contribution in [2.45, 2.75) is 26.9 Å². The second-order valence-electron chi connectivity index (χ2n) is 6.26. The van der Waals surface area contributed by atoms with E-state index in [0.29, 0.717) is 10.1 Å². The lowest BCUT2D eigenvalue weighted by atomic mass is 10.1. The van der Waals surface area contributed by atoms with Gasteiger partial charge in [-0.15, -0.1) is 0 Å². The van der Waals surface area contributed by atoms with Crippen LogP contribution in [0.15, 0.2) is 64.3 Å². The van der Waals surface area contributed by atoms with E-state index in [1.165, 1.54) is 4.57 Å². The van der Waals surface area contributed by atoms with Crippen molar-refractivity contribution in [1.82, 2.24) is 9.13 Å². The molecular weight excluding hydrogens is 427 g/mol. The average molecular weight is 446 g/mol. The number of rotatable bonds is 4. The number of halogens is 1. The highest BCUT2D eigenvalue weighted by Gasteiger charge is 2.11. The molecule has 5 heteroatoms. The van der Waals surface area contributed by atoms with Gasteiger partial charge in [0.15, 0.2) is 0 Å². The number of aromatic nitrogens is 2. The van der Waals surface area contributed by atoms with E-state index in [9.17, 15) is 9.59 Å². The molecule has 1 heterocycles. The van der Waals surface area contributed by atoms with Crippen LogP contribution in [0.3, 0.4) is 0 Å². The molecule has 0 aliphatic heterocycles. The summed E-state index contributed by atoms with van der Waals surface area (Å²) in [5.41, 5.74) is 3.71. The lowest BCUT2D eigenvalue weighted by molar-refractivity contribution is 0.606. The Morgan fingerprint density at radius 3 is 2.16 bits per heavy atom. The Labute approximate surface area is 159 Å². The fraction of sp³-hybridized carbons (Fsp3) is 0.200. The Balaban J connectivity index is 2.04. The highest BCUT2D eigenvalue weighted by molar-refractivity contribution is 14.1. The first-order valence-corrected chi connectivity index (χ1v) is 9.13. The van der Waals surface area contributed by atoms with Crippen LogP contribution in [-0.4, -0.2) is 9.13 Å². The summed E-state index contributed by atoms with van der Waals surface area (Å²) >= 11 is 2.00. The summed E-state index contributed by atoms with van der Waals surface area (Å²) in [6.07, 6.45) is 1.64. The minimum Gasteiger partial charge on any atom is -0.295 e. The van der Waals surface area contributed by atoms with Crippen molar-refractivity contribution in [3.63, 3.8) is 0 Å². The van der Waals surface area contributed by atoms with Crippen LogP contribution in [-0.2, 0) is 13.1 Å². The predicted molar refractivity (Wildman–Crippen MR) is 108 cm³/mol. The number of aryl methyl sites for hydroxylation is 2. The summed E-state index contributed by atoms with van der Waals surface area (Å²) in [5, 5.41) is 0. The van der Waals surface area contributed by atoms with E-state index >= 15 is 0 Å². The maximum atomic E-state index is 12.8. The summed E-state index contributed by atoms with van der Waals surface area (Å²) in [4.78, 5) is 25.4. The SMILES string of the molecule is Cc1cc(C)cc(Cn2c(=O)c(I)cn(Cc3ccccc3)c2=O)c1. The van der Waals surface area contributed by atoms with Crippen molar-refractivity contribution in [3.8, 4) is 0 Å². The van der Waals surface area contributed by atoms with Gasteiger partial charge in [0.25, 0.3) is 5.56 Å². The summed E-state index contributed by atoms with van der Waals surface area (Å²) < 4.78 is 3.46. The largest absolute Gasteiger partial charge is 0.331 e. The Bertz CT molecular complexity index is 1000. The van der Waals surface area contributed by atoms with Crippen molar-refractivity contribution in [3.05, 3.63) is 101 Å². The average Bonchev–Trinajstić information content (AvgIpc) is 2.56. The van der Waals surface area contributed by atoms with Crippen LogP contribution in [0.25, 0.3) is 0 Å². The first-order chi connectivity index (χ1) is 11.9. The van der Waals surface area contributed by atoms with Gasteiger partial charge in [-0.25, -0.2) is 4.79 Å². The van der Waals surface area contributed by atoms with Crippen LogP contribution in [0.2, 0.25) is 0 Å². The quantitative estimate of drug-likeness (QED) is 0.578. The number of hydrogen-bond acceptors (Lipinski definition) is 2. The van der Waals surface area contributed by atoms with Gasteiger partial charge < -0.3 is 0 Å². The Morgan fingerprint density at radius 2 is 1.52 bits per heavy atom. The molecule has 4 nitrogen and oxygen atoms in total. The van der Waals surface area contributed by atoms with E-state index in [1.54, 1.807) is 10.8 Å². The molecule has 25 heavy (non-hydrogen) atoms. The van der Waals surface area contributed by atoms with E-state index in [4.69, 9.17) is 0 Å². The third-order valence-electron chi connectivity index (χ3n) is 4.01. The molecule has 0 spiro atoms. The van der Waals surface area contributed by atoms with Gasteiger partial charge in [-0.05, 0) is 47.6 Å². The molecular formula is C20H19IN2O2. The third-order valence-corrected chi connectivity index (χ3v) is 4.75. The molecule has 2 aromatic carbocycles. The van der Waals surface area contributed by atoms with Gasteiger partial charge >= 0.3 is 5.69 Å². The fourth-order valence-corrected chi connectivity index (χ4v) is 3.62. The van der Waals surface area contributed by atoms with Crippen LogP contribution in [0.4, 0.5) is 0 Å². The van der Waals surface area contributed by atoms with Crippen LogP contribution in [0, 0.1) is 17.4 Å². The van der Waals surface area contributed by atoms with E-state index < -0.39 is 0 Å². The lowest BCUT2D eigenvalue weighted by Gasteiger charge is -2.12. The standard InChI is InChI=1S/C20H19IN2O2/c1-14-8-15(2)10-17(9-14)12-23-19(24)18(21)13-22(20(23)25)11-16-6-4-3-5-7-16/h3-10,13H,11-12H2,1-2H3. The normalized spacial score (nSPS) is 10.8. The first-order valence-electron chi connectivity index (χ1n) is 8.05. The minimum atomic E-state index is -0.284. The zero-order chi connectivity index (χ0) is 18.0. The van der Waals surface area contributed by atoms with Crippen LogP contribution in [0.5, 0.6) is 0 Å². The van der Waals surface area contributed by atoms with Gasteiger partial charge in [0.1, 0.15) is 0 Å². The summed E-state index contributed by atoms with van der Waals surface area (Å²) in [6.45, 7) is 4.76. The summed E-state index contributed by atoms with van der Waals surface area (Å²) in [5.74, 6) is 0. The molecule has 0 unspecified atom stereocenters. The number of nitrogens with zero attached hydrogens (tertiary/aromatic N) is 2. The van der Waals surface area contributed by atoms with E-state index in [-0.39, 0.29) is 17.8 Å². The molecule has 0 fully saturated rings. The molecule has 0 radical (unpaired) electrons. The molecule has 0 N–H and O–H groups in total. The second kappa shape index (κ2) is 7.39. The molecule has 0 saturated heterocycles. The number of benzene rings is 2. The Hall–Kier alpha value is -2.15. The zero-order valence-electron chi connectivity index (χ0n) is 14.2. The first kappa shape index (κ1) is 17.7. The third kappa shape index (κ3) is 4.10. The lowest BCUT2D eigenvalue weighted by Crippen LogP contribution is -2.41. The summed E-state index contributed by atoms with van der Waals surface area (Å²) in [7, 11) is 0. The molecule has 1 aromatic heterocycles. The monoisotopic (exact) mass is 446 g/mol. The van der Waals surface area contributed by atoms with Crippen molar-refractivity contribution in [2.75, 3.05) is 0 Å². The molecule has 128 valence electrons. The van der Waals surface area contributed by atoms with Gasteiger partial charge in [-0.3, -0.25) is 13.9 Å². The molecule has 0 atom stereocenters. The zero-order valence-corrected chi connectivity index (χ0v) is 16.4. The molecule has 0 aliphatic carbocycles.